The summed E-state index contributed by atoms with van der Waals surface area (Å²) in [5.74, 6) is -1.12. The van der Waals surface area contributed by atoms with E-state index in [1.165, 1.54) is 30.5 Å². The van der Waals surface area contributed by atoms with Gasteiger partial charge in [0.2, 0.25) is 10.0 Å². The number of carbonyl (C=O) groups excluding carboxylic acids is 1. The van der Waals surface area contributed by atoms with Gasteiger partial charge >= 0.3 is 5.97 Å². The van der Waals surface area contributed by atoms with Crippen LogP contribution in [0.15, 0.2) is 52.0 Å². The van der Waals surface area contributed by atoms with Crippen molar-refractivity contribution < 1.29 is 27.5 Å². The quantitative estimate of drug-likeness (QED) is 0.597. The highest BCUT2D eigenvalue weighted by Gasteiger charge is 2.22. The number of benzene rings is 1. The molecule has 0 aliphatic carbocycles. The Kier molecular flexibility index (Phi) is 6.75. The number of hydrogen-bond donors (Lipinski definition) is 3. The van der Waals surface area contributed by atoms with Gasteiger partial charge < -0.3 is 14.8 Å². The van der Waals surface area contributed by atoms with Gasteiger partial charge in [0.1, 0.15) is 11.8 Å². The molecule has 0 aliphatic rings. The van der Waals surface area contributed by atoms with Crippen LogP contribution < -0.4 is 10.0 Å². The fourth-order valence-electron chi connectivity index (χ4n) is 2.38. The van der Waals surface area contributed by atoms with Gasteiger partial charge in [-0.3, -0.25) is 4.79 Å². The first-order chi connectivity index (χ1) is 12.7. The SMILES string of the molecule is CC(C)C[C@@H](NC(=O)c1ccc(S(=O)(=O)NCc2ccco2)cc1)C(=O)O. The van der Waals surface area contributed by atoms with Gasteiger partial charge in [0.05, 0.1) is 17.7 Å². The van der Waals surface area contributed by atoms with Crippen molar-refractivity contribution in [3.63, 3.8) is 0 Å². The predicted octanol–water partition coefficient (Wildman–Crippen LogP) is 1.99. The van der Waals surface area contributed by atoms with Gasteiger partial charge in [0, 0.05) is 5.56 Å². The second kappa shape index (κ2) is 8.83. The van der Waals surface area contributed by atoms with E-state index in [4.69, 9.17) is 4.42 Å². The maximum atomic E-state index is 12.3. The summed E-state index contributed by atoms with van der Waals surface area (Å²) >= 11 is 0. The van der Waals surface area contributed by atoms with E-state index in [0.717, 1.165) is 0 Å². The molecule has 0 radical (unpaired) electrons. The number of carboxylic acid groups (broad SMARTS) is 1. The first-order valence-corrected chi connectivity index (χ1v) is 9.83. The van der Waals surface area contributed by atoms with Crippen LogP contribution >= 0.6 is 0 Å². The van der Waals surface area contributed by atoms with Crippen molar-refractivity contribution in [1.82, 2.24) is 10.0 Å². The number of aliphatic carboxylic acids is 1. The molecule has 1 heterocycles. The molecular formula is C18H22N2O6S. The molecule has 3 N–H and O–H groups in total. The molecule has 0 saturated heterocycles. The average Bonchev–Trinajstić information content (AvgIpc) is 3.12. The third-order valence-electron chi connectivity index (χ3n) is 3.75. The van der Waals surface area contributed by atoms with Crippen LogP contribution in [0, 0.1) is 5.92 Å². The molecule has 1 aromatic carbocycles. The second-order valence-corrected chi connectivity index (χ2v) is 8.19. The van der Waals surface area contributed by atoms with Crippen molar-refractivity contribution in [3.05, 3.63) is 54.0 Å². The van der Waals surface area contributed by atoms with Crippen molar-refractivity contribution >= 4 is 21.9 Å². The van der Waals surface area contributed by atoms with Gasteiger partial charge in [-0.2, -0.15) is 0 Å². The molecule has 0 unspecified atom stereocenters. The maximum Gasteiger partial charge on any atom is 0.326 e. The topological polar surface area (TPSA) is 126 Å². The van der Waals surface area contributed by atoms with Crippen LogP contribution in [-0.2, 0) is 21.4 Å². The minimum Gasteiger partial charge on any atom is -0.480 e. The van der Waals surface area contributed by atoms with Crippen LogP contribution in [0.3, 0.4) is 0 Å². The first kappa shape index (κ1) is 20.7. The van der Waals surface area contributed by atoms with Crippen molar-refractivity contribution in [2.45, 2.75) is 37.8 Å². The highest BCUT2D eigenvalue weighted by Crippen LogP contribution is 2.13. The summed E-state index contributed by atoms with van der Waals surface area (Å²) in [6.07, 6.45) is 1.74. The molecule has 8 nitrogen and oxygen atoms in total. The predicted molar refractivity (Wildman–Crippen MR) is 97.5 cm³/mol. The molecule has 0 aliphatic heterocycles. The van der Waals surface area contributed by atoms with Crippen molar-refractivity contribution in [2.24, 2.45) is 5.92 Å². The Hall–Kier alpha value is -2.65. The molecule has 9 heteroatoms. The summed E-state index contributed by atoms with van der Waals surface area (Å²) in [6, 6.07) is 7.55. The summed E-state index contributed by atoms with van der Waals surface area (Å²) in [5.41, 5.74) is 0.176. The van der Waals surface area contributed by atoms with Crippen molar-refractivity contribution in [3.8, 4) is 0 Å². The number of carbonyl (C=O) groups is 2. The highest BCUT2D eigenvalue weighted by atomic mass is 32.2. The van der Waals surface area contributed by atoms with Crippen molar-refractivity contribution in [1.29, 1.82) is 0 Å². The third-order valence-corrected chi connectivity index (χ3v) is 5.17. The van der Waals surface area contributed by atoms with E-state index in [1.807, 2.05) is 13.8 Å². The molecule has 2 aromatic rings. The summed E-state index contributed by atoms with van der Waals surface area (Å²) in [7, 11) is -3.77. The van der Waals surface area contributed by atoms with Crippen LogP contribution in [0.1, 0.15) is 36.4 Å². The fraction of sp³-hybridized carbons (Fsp3) is 0.333. The molecule has 2 rings (SSSR count). The van der Waals surface area contributed by atoms with Gasteiger partial charge in [-0.25, -0.2) is 17.9 Å². The van der Waals surface area contributed by atoms with Crippen LogP contribution in [0.4, 0.5) is 0 Å². The Morgan fingerprint density at radius 3 is 2.33 bits per heavy atom. The van der Waals surface area contributed by atoms with E-state index >= 15 is 0 Å². The molecule has 0 bridgehead atoms. The third kappa shape index (κ3) is 5.93. The summed E-state index contributed by atoms with van der Waals surface area (Å²) in [6.45, 7) is 3.72. The van der Waals surface area contributed by atoms with Crippen LogP contribution in [0.2, 0.25) is 0 Å². The lowest BCUT2D eigenvalue weighted by Gasteiger charge is -2.16. The normalized spacial score (nSPS) is 12.7. The monoisotopic (exact) mass is 394 g/mol. The maximum absolute atomic E-state index is 12.3. The highest BCUT2D eigenvalue weighted by molar-refractivity contribution is 7.89. The Morgan fingerprint density at radius 2 is 1.81 bits per heavy atom. The van der Waals surface area contributed by atoms with Crippen LogP contribution in [0.5, 0.6) is 0 Å². The van der Waals surface area contributed by atoms with Gasteiger partial charge in [-0.1, -0.05) is 13.8 Å². The van der Waals surface area contributed by atoms with Crippen LogP contribution in [0.25, 0.3) is 0 Å². The number of sulfonamides is 1. The molecule has 0 fully saturated rings. The number of hydrogen-bond acceptors (Lipinski definition) is 5. The fourth-order valence-corrected chi connectivity index (χ4v) is 3.38. The summed E-state index contributed by atoms with van der Waals surface area (Å²) in [4.78, 5) is 23.5. The molecule has 0 saturated carbocycles. The number of amides is 1. The standard InChI is InChI=1S/C18H22N2O6S/c1-12(2)10-16(18(22)23)20-17(21)13-5-7-15(8-6-13)27(24,25)19-11-14-4-3-9-26-14/h3-9,12,16,19H,10-11H2,1-2H3,(H,20,21)(H,22,23)/t16-/m1/s1. The molecule has 0 spiro atoms. The molecule has 146 valence electrons. The van der Waals surface area contributed by atoms with E-state index in [2.05, 4.69) is 10.0 Å². The Labute approximate surface area is 157 Å². The number of carboxylic acids is 1. The minimum absolute atomic E-state index is 0.00701. The lowest BCUT2D eigenvalue weighted by Crippen LogP contribution is -2.41. The second-order valence-electron chi connectivity index (χ2n) is 6.42. The summed E-state index contributed by atoms with van der Waals surface area (Å²) < 4.78 is 32.0. The number of rotatable bonds is 9. The zero-order chi connectivity index (χ0) is 20.0. The average molecular weight is 394 g/mol. The van der Waals surface area contributed by atoms with Gasteiger partial charge in [0.15, 0.2) is 0 Å². The van der Waals surface area contributed by atoms with Gasteiger partial charge in [-0.05, 0) is 48.7 Å². The zero-order valence-corrected chi connectivity index (χ0v) is 15.8. The molecule has 1 aromatic heterocycles. The Morgan fingerprint density at radius 1 is 1.15 bits per heavy atom. The lowest BCUT2D eigenvalue weighted by molar-refractivity contribution is -0.139. The molecular weight excluding hydrogens is 372 g/mol. The Balaban J connectivity index is 2.04. The van der Waals surface area contributed by atoms with Gasteiger partial charge in [-0.15, -0.1) is 0 Å². The molecule has 1 atom stereocenters. The van der Waals surface area contributed by atoms with Crippen LogP contribution in [-0.4, -0.2) is 31.4 Å². The smallest absolute Gasteiger partial charge is 0.326 e. The van der Waals surface area contributed by atoms with E-state index < -0.39 is 27.9 Å². The molecule has 27 heavy (non-hydrogen) atoms. The largest absolute Gasteiger partial charge is 0.480 e. The van der Waals surface area contributed by atoms with Crippen molar-refractivity contribution in [2.75, 3.05) is 0 Å². The zero-order valence-electron chi connectivity index (χ0n) is 15.0. The van der Waals surface area contributed by atoms with E-state index in [1.54, 1.807) is 12.1 Å². The lowest BCUT2D eigenvalue weighted by atomic mass is 10.0. The number of nitrogens with one attached hydrogen (secondary N) is 2. The number of furan rings is 1. The van der Waals surface area contributed by atoms with E-state index in [-0.39, 0.29) is 22.9 Å². The summed E-state index contributed by atoms with van der Waals surface area (Å²) in [5, 5.41) is 11.6. The van der Waals surface area contributed by atoms with E-state index in [0.29, 0.717) is 12.2 Å². The Bertz CT molecular complexity index is 873. The minimum atomic E-state index is -3.77. The first-order valence-electron chi connectivity index (χ1n) is 8.35. The van der Waals surface area contributed by atoms with Gasteiger partial charge in [0.25, 0.3) is 5.91 Å². The molecule has 1 amide bonds. The van der Waals surface area contributed by atoms with E-state index in [9.17, 15) is 23.1 Å².